The highest BCUT2D eigenvalue weighted by atomic mass is 32.1. The molecular formula is C19H32OS. The van der Waals surface area contributed by atoms with Crippen molar-refractivity contribution in [2.24, 2.45) is 0 Å². The van der Waals surface area contributed by atoms with E-state index in [1.807, 2.05) is 0 Å². The van der Waals surface area contributed by atoms with Gasteiger partial charge in [0.05, 0.1) is 6.61 Å². The van der Waals surface area contributed by atoms with Crippen molar-refractivity contribution < 1.29 is 4.74 Å². The zero-order valence-electron chi connectivity index (χ0n) is 14.8. The quantitative estimate of drug-likeness (QED) is 0.702. The topological polar surface area (TPSA) is 9.23 Å². The van der Waals surface area contributed by atoms with Gasteiger partial charge in [0.15, 0.2) is 0 Å². The molecule has 0 aromatic heterocycles. The second-order valence-electron chi connectivity index (χ2n) is 7.78. The zero-order chi connectivity index (χ0) is 16.3. The zero-order valence-corrected chi connectivity index (χ0v) is 15.7. The minimum Gasteiger partial charge on any atom is -0.493 e. The summed E-state index contributed by atoms with van der Waals surface area (Å²) in [5, 5.41) is 0. The van der Waals surface area contributed by atoms with E-state index in [9.17, 15) is 0 Å². The van der Waals surface area contributed by atoms with Gasteiger partial charge in [0.25, 0.3) is 0 Å². The first-order valence-electron chi connectivity index (χ1n) is 8.02. The normalized spacial score (nSPS) is 12.6. The van der Waals surface area contributed by atoms with Gasteiger partial charge < -0.3 is 4.74 Å². The molecule has 2 heteroatoms. The lowest BCUT2D eigenvalue weighted by Crippen LogP contribution is -2.20. The molecule has 1 aromatic carbocycles. The van der Waals surface area contributed by atoms with Crippen molar-refractivity contribution >= 4 is 12.6 Å². The van der Waals surface area contributed by atoms with Crippen molar-refractivity contribution in [2.75, 3.05) is 12.4 Å². The van der Waals surface area contributed by atoms with Gasteiger partial charge in [0.2, 0.25) is 0 Å². The number of hydrogen-bond acceptors (Lipinski definition) is 2. The van der Waals surface area contributed by atoms with Crippen LogP contribution in [0.1, 0.15) is 71.6 Å². The minimum absolute atomic E-state index is 0.0848. The summed E-state index contributed by atoms with van der Waals surface area (Å²) in [7, 11) is 0. The number of aryl methyl sites for hydroxylation is 1. The van der Waals surface area contributed by atoms with E-state index in [1.165, 1.54) is 16.7 Å². The Bertz CT molecular complexity index is 428. The van der Waals surface area contributed by atoms with Crippen LogP contribution in [0, 0.1) is 0 Å². The van der Waals surface area contributed by atoms with Crippen molar-refractivity contribution in [3.63, 3.8) is 0 Å². The fraction of sp³-hybridized carbons (Fsp3) is 0.684. The first-order valence-corrected chi connectivity index (χ1v) is 8.66. The molecule has 0 heterocycles. The van der Waals surface area contributed by atoms with E-state index in [1.54, 1.807) is 0 Å². The molecule has 0 N–H and O–H groups in total. The lowest BCUT2D eigenvalue weighted by Gasteiger charge is -2.30. The molecule has 0 unspecified atom stereocenters. The van der Waals surface area contributed by atoms with Crippen molar-refractivity contribution in [1.29, 1.82) is 0 Å². The molecule has 0 saturated carbocycles. The second-order valence-corrected chi connectivity index (χ2v) is 8.23. The van der Waals surface area contributed by atoms with E-state index in [2.05, 4.69) is 73.2 Å². The largest absolute Gasteiger partial charge is 0.493 e. The summed E-state index contributed by atoms with van der Waals surface area (Å²) < 4.78 is 6.07. The fourth-order valence-electron chi connectivity index (χ4n) is 2.53. The summed E-state index contributed by atoms with van der Waals surface area (Å²) >= 11 is 4.35. The van der Waals surface area contributed by atoms with Gasteiger partial charge in [-0.05, 0) is 41.9 Å². The lowest BCUT2D eigenvalue weighted by molar-refractivity contribution is 0.319. The van der Waals surface area contributed by atoms with Gasteiger partial charge in [-0.3, -0.25) is 0 Å². The number of rotatable bonds is 5. The second kappa shape index (κ2) is 7.09. The summed E-state index contributed by atoms with van der Waals surface area (Å²) in [4.78, 5) is 0. The van der Waals surface area contributed by atoms with Crippen LogP contribution in [0.3, 0.4) is 0 Å². The molecule has 1 rings (SSSR count). The van der Waals surface area contributed by atoms with E-state index in [0.717, 1.165) is 24.3 Å². The Morgan fingerprint density at radius 1 is 0.952 bits per heavy atom. The Balaban J connectivity index is 3.50. The molecule has 120 valence electrons. The van der Waals surface area contributed by atoms with Crippen LogP contribution in [0.4, 0.5) is 0 Å². The third-order valence-corrected chi connectivity index (χ3v) is 3.99. The summed E-state index contributed by atoms with van der Waals surface area (Å²) in [6.07, 6.45) is 2.20. The van der Waals surface area contributed by atoms with Gasteiger partial charge >= 0.3 is 0 Å². The average molecular weight is 309 g/mol. The van der Waals surface area contributed by atoms with Gasteiger partial charge in [0.1, 0.15) is 5.75 Å². The smallest absolute Gasteiger partial charge is 0.126 e. The van der Waals surface area contributed by atoms with E-state index < -0.39 is 0 Å². The van der Waals surface area contributed by atoms with Crippen LogP contribution < -0.4 is 4.74 Å². The van der Waals surface area contributed by atoms with Crippen LogP contribution in [0.2, 0.25) is 0 Å². The van der Waals surface area contributed by atoms with Crippen LogP contribution in [0.15, 0.2) is 12.1 Å². The summed E-state index contributed by atoms with van der Waals surface area (Å²) in [6, 6.07) is 4.67. The Kier molecular flexibility index (Phi) is 6.22. The summed E-state index contributed by atoms with van der Waals surface area (Å²) in [5.41, 5.74) is 4.22. The molecule has 0 amide bonds. The molecule has 0 aliphatic heterocycles. The Morgan fingerprint density at radius 2 is 1.43 bits per heavy atom. The molecule has 0 atom stereocenters. The molecule has 21 heavy (non-hydrogen) atoms. The van der Waals surface area contributed by atoms with E-state index in [4.69, 9.17) is 4.74 Å². The molecule has 0 bridgehead atoms. The summed E-state index contributed by atoms with van der Waals surface area (Å²) in [5.74, 6) is 2.02. The molecule has 0 radical (unpaired) electrons. The van der Waals surface area contributed by atoms with Crippen molar-refractivity contribution in [3.05, 3.63) is 28.8 Å². The molecular weight excluding hydrogens is 276 g/mol. The van der Waals surface area contributed by atoms with Crippen LogP contribution in [0.5, 0.6) is 5.75 Å². The Hall–Kier alpha value is -0.630. The first kappa shape index (κ1) is 18.4. The van der Waals surface area contributed by atoms with Crippen molar-refractivity contribution in [1.82, 2.24) is 0 Å². The van der Waals surface area contributed by atoms with Crippen LogP contribution >= 0.6 is 12.6 Å². The van der Waals surface area contributed by atoms with Crippen molar-refractivity contribution in [3.8, 4) is 5.75 Å². The molecule has 0 spiro atoms. The van der Waals surface area contributed by atoms with Gasteiger partial charge in [-0.1, -0.05) is 53.7 Å². The third-order valence-electron chi connectivity index (χ3n) is 3.68. The van der Waals surface area contributed by atoms with Gasteiger partial charge in [-0.2, -0.15) is 12.6 Å². The predicted octanol–water partition coefficient (Wildman–Crippen LogP) is 5.54. The van der Waals surface area contributed by atoms with E-state index in [0.29, 0.717) is 6.61 Å². The molecule has 1 aromatic rings. The SMILES string of the molecule is CCOc1c(C(C)(C)C)cc(CCCS)cc1C(C)(C)C. The maximum atomic E-state index is 6.07. The maximum absolute atomic E-state index is 6.07. The van der Waals surface area contributed by atoms with Crippen LogP contribution in [-0.4, -0.2) is 12.4 Å². The van der Waals surface area contributed by atoms with Gasteiger partial charge in [-0.25, -0.2) is 0 Å². The fourth-order valence-corrected chi connectivity index (χ4v) is 2.69. The third kappa shape index (κ3) is 4.95. The lowest BCUT2D eigenvalue weighted by atomic mass is 9.78. The van der Waals surface area contributed by atoms with Gasteiger partial charge in [0, 0.05) is 11.1 Å². The number of hydrogen-bond donors (Lipinski definition) is 1. The Labute approximate surface area is 136 Å². The standard InChI is InChI=1S/C19H32OS/c1-8-20-17-15(18(2,3)4)12-14(10-9-11-21)13-16(17)19(5,6)7/h12-13,21H,8-11H2,1-7H3. The van der Waals surface area contributed by atoms with Crippen LogP contribution in [0.25, 0.3) is 0 Å². The number of thiol groups is 1. The average Bonchev–Trinajstić information content (AvgIpc) is 2.34. The Morgan fingerprint density at radius 3 is 1.76 bits per heavy atom. The highest BCUT2D eigenvalue weighted by molar-refractivity contribution is 7.80. The van der Waals surface area contributed by atoms with E-state index in [-0.39, 0.29) is 10.8 Å². The maximum Gasteiger partial charge on any atom is 0.126 e. The molecule has 0 saturated heterocycles. The molecule has 0 aliphatic carbocycles. The monoisotopic (exact) mass is 308 g/mol. The van der Waals surface area contributed by atoms with Crippen LogP contribution in [-0.2, 0) is 17.3 Å². The van der Waals surface area contributed by atoms with Gasteiger partial charge in [-0.15, -0.1) is 0 Å². The van der Waals surface area contributed by atoms with E-state index >= 15 is 0 Å². The summed E-state index contributed by atoms with van der Waals surface area (Å²) in [6.45, 7) is 16.4. The molecule has 0 fully saturated rings. The minimum atomic E-state index is 0.0848. The molecule has 0 aliphatic rings. The van der Waals surface area contributed by atoms with Crippen molar-refractivity contribution in [2.45, 2.75) is 72.1 Å². The number of ether oxygens (including phenoxy) is 1. The molecule has 1 nitrogen and oxygen atoms in total. The first-order chi connectivity index (χ1) is 9.61. The highest BCUT2D eigenvalue weighted by Crippen LogP contribution is 2.40. The highest BCUT2D eigenvalue weighted by Gasteiger charge is 2.27. The predicted molar refractivity (Wildman–Crippen MR) is 97.2 cm³/mol. The number of benzene rings is 1.